The largest absolute Gasteiger partial charge is 0.370 e. The standard InChI is InChI=1S/C16H31N5/c1-7-9-17-15-10-16(20-14(8-2)19-15)18-13(12(3)4)11-21(5)6/h10,12-13H,7-9,11H2,1-6H3,(H2,17,18,19,20). The molecule has 0 aliphatic heterocycles. The van der Waals surface area contributed by atoms with Gasteiger partial charge in [-0.3, -0.25) is 0 Å². The Balaban J connectivity index is 2.88. The lowest BCUT2D eigenvalue weighted by Crippen LogP contribution is -2.36. The molecule has 1 aromatic rings. The fraction of sp³-hybridized carbons (Fsp3) is 0.750. The molecule has 120 valence electrons. The number of likely N-dealkylation sites (N-methyl/N-ethyl adjacent to an activating group) is 1. The van der Waals surface area contributed by atoms with Crippen LogP contribution in [-0.2, 0) is 6.42 Å². The lowest BCUT2D eigenvalue weighted by atomic mass is 10.0. The van der Waals surface area contributed by atoms with E-state index in [1.807, 2.05) is 6.07 Å². The topological polar surface area (TPSA) is 53.1 Å². The summed E-state index contributed by atoms with van der Waals surface area (Å²) >= 11 is 0. The van der Waals surface area contributed by atoms with E-state index in [-0.39, 0.29) is 0 Å². The van der Waals surface area contributed by atoms with Gasteiger partial charge in [0.15, 0.2) is 0 Å². The van der Waals surface area contributed by atoms with E-state index in [9.17, 15) is 0 Å². The molecule has 1 heterocycles. The van der Waals surface area contributed by atoms with E-state index in [4.69, 9.17) is 0 Å². The van der Waals surface area contributed by atoms with Crippen molar-refractivity contribution < 1.29 is 0 Å². The molecule has 0 radical (unpaired) electrons. The molecule has 0 amide bonds. The predicted molar refractivity (Wildman–Crippen MR) is 91.0 cm³/mol. The molecule has 0 fully saturated rings. The lowest BCUT2D eigenvalue weighted by Gasteiger charge is -2.26. The van der Waals surface area contributed by atoms with Crippen LogP contribution in [0.25, 0.3) is 0 Å². The average molecular weight is 293 g/mol. The minimum atomic E-state index is 0.374. The fourth-order valence-electron chi connectivity index (χ4n) is 2.08. The molecule has 5 nitrogen and oxygen atoms in total. The molecule has 1 rings (SSSR count). The quantitative estimate of drug-likeness (QED) is 0.733. The second-order valence-corrected chi connectivity index (χ2v) is 6.09. The van der Waals surface area contributed by atoms with Crippen LogP contribution in [0, 0.1) is 5.92 Å². The van der Waals surface area contributed by atoms with Gasteiger partial charge in [-0.1, -0.05) is 27.7 Å². The van der Waals surface area contributed by atoms with E-state index in [1.165, 1.54) is 0 Å². The van der Waals surface area contributed by atoms with Gasteiger partial charge in [0.25, 0.3) is 0 Å². The summed E-state index contributed by atoms with van der Waals surface area (Å²) in [5.74, 6) is 3.25. The Morgan fingerprint density at radius 2 is 1.81 bits per heavy atom. The maximum atomic E-state index is 4.61. The van der Waals surface area contributed by atoms with E-state index in [2.05, 4.69) is 67.3 Å². The summed E-state index contributed by atoms with van der Waals surface area (Å²) in [6.07, 6.45) is 1.93. The summed E-state index contributed by atoms with van der Waals surface area (Å²) in [4.78, 5) is 11.3. The van der Waals surface area contributed by atoms with Crippen molar-refractivity contribution in [3.63, 3.8) is 0 Å². The minimum absolute atomic E-state index is 0.374. The normalized spacial score (nSPS) is 12.8. The molecule has 1 atom stereocenters. The Kier molecular flexibility index (Phi) is 7.43. The SMILES string of the molecule is CCCNc1cc(NC(CN(C)C)C(C)C)nc(CC)n1. The Labute approximate surface area is 129 Å². The number of aromatic nitrogens is 2. The molecule has 0 bridgehead atoms. The van der Waals surface area contributed by atoms with Gasteiger partial charge in [-0.05, 0) is 26.4 Å². The number of anilines is 2. The third-order valence-corrected chi connectivity index (χ3v) is 3.34. The van der Waals surface area contributed by atoms with Crippen molar-refractivity contribution in [1.82, 2.24) is 14.9 Å². The molecular weight excluding hydrogens is 262 g/mol. The van der Waals surface area contributed by atoms with Crippen molar-refractivity contribution in [1.29, 1.82) is 0 Å². The number of hydrogen-bond donors (Lipinski definition) is 2. The van der Waals surface area contributed by atoms with E-state index in [0.717, 1.165) is 43.4 Å². The van der Waals surface area contributed by atoms with Crippen molar-refractivity contribution in [2.45, 2.75) is 46.6 Å². The smallest absolute Gasteiger partial charge is 0.132 e. The summed E-state index contributed by atoms with van der Waals surface area (Å²) in [6.45, 7) is 10.6. The summed E-state index contributed by atoms with van der Waals surface area (Å²) in [6, 6.07) is 2.39. The highest BCUT2D eigenvalue weighted by Crippen LogP contribution is 2.16. The Morgan fingerprint density at radius 1 is 1.14 bits per heavy atom. The van der Waals surface area contributed by atoms with Gasteiger partial charge in [-0.15, -0.1) is 0 Å². The van der Waals surface area contributed by atoms with Gasteiger partial charge < -0.3 is 15.5 Å². The van der Waals surface area contributed by atoms with Crippen LogP contribution in [0.1, 0.15) is 39.9 Å². The van der Waals surface area contributed by atoms with E-state index in [0.29, 0.717) is 12.0 Å². The number of rotatable bonds is 9. The zero-order valence-corrected chi connectivity index (χ0v) is 14.4. The summed E-state index contributed by atoms with van der Waals surface area (Å²) < 4.78 is 0. The van der Waals surface area contributed by atoms with Crippen LogP contribution in [0.2, 0.25) is 0 Å². The molecule has 1 unspecified atom stereocenters. The molecule has 0 aromatic carbocycles. The highest BCUT2D eigenvalue weighted by Gasteiger charge is 2.15. The van der Waals surface area contributed by atoms with Gasteiger partial charge in [0.1, 0.15) is 17.5 Å². The molecule has 0 aliphatic rings. The van der Waals surface area contributed by atoms with Crippen molar-refractivity contribution in [2.75, 3.05) is 37.8 Å². The van der Waals surface area contributed by atoms with Crippen molar-refractivity contribution >= 4 is 11.6 Å². The van der Waals surface area contributed by atoms with Gasteiger partial charge >= 0.3 is 0 Å². The van der Waals surface area contributed by atoms with Crippen molar-refractivity contribution in [3.05, 3.63) is 11.9 Å². The third-order valence-electron chi connectivity index (χ3n) is 3.34. The van der Waals surface area contributed by atoms with Crippen molar-refractivity contribution in [2.24, 2.45) is 5.92 Å². The molecular formula is C16H31N5. The number of hydrogen-bond acceptors (Lipinski definition) is 5. The Hall–Kier alpha value is -1.36. The van der Waals surface area contributed by atoms with Gasteiger partial charge in [-0.25, -0.2) is 9.97 Å². The summed E-state index contributed by atoms with van der Waals surface area (Å²) in [5, 5.41) is 6.92. The molecule has 2 N–H and O–H groups in total. The highest BCUT2D eigenvalue weighted by molar-refractivity contribution is 5.48. The van der Waals surface area contributed by atoms with E-state index >= 15 is 0 Å². The summed E-state index contributed by atoms with van der Waals surface area (Å²) in [7, 11) is 4.20. The van der Waals surface area contributed by atoms with Crippen LogP contribution in [-0.4, -0.2) is 48.1 Å². The lowest BCUT2D eigenvalue weighted by molar-refractivity contribution is 0.344. The first-order valence-corrected chi connectivity index (χ1v) is 7.99. The molecule has 5 heteroatoms. The Morgan fingerprint density at radius 3 is 2.33 bits per heavy atom. The maximum Gasteiger partial charge on any atom is 0.132 e. The highest BCUT2D eigenvalue weighted by atomic mass is 15.1. The molecule has 21 heavy (non-hydrogen) atoms. The van der Waals surface area contributed by atoms with Crippen molar-refractivity contribution in [3.8, 4) is 0 Å². The van der Waals surface area contributed by atoms with Gasteiger partial charge in [0, 0.05) is 31.6 Å². The first-order chi connectivity index (χ1) is 9.96. The van der Waals surface area contributed by atoms with E-state index in [1.54, 1.807) is 0 Å². The van der Waals surface area contributed by atoms with Crippen LogP contribution < -0.4 is 10.6 Å². The van der Waals surface area contributed by atoms with Crippen LogP contribution in [0.5, 0.6) is 0 Å². The van der Waals surface area contributed by atoms with Crippen LogP contribution in [0.3, 0.4) is 0 Å². The first kappa shape index (κ1) is 17.7. The average Bonchev–Trinajstić information content (AvgIpc) is 2.43. The monoisotopic (exact) mass is 293 g/mol. The second-order valence-electron chi connectivity index (χ2n) is 6.09. The number of aryl methyl sites for hydroxylation is 1. The molecule has 0 spiro atoms. The Bertz CT molecular complexity index is 417. The van der Waals surface area contributed by atoms with Gasteiger partial charge in [-0.2, -0.15) is 0 Å². The first-order valence-electron chi connectivity index (χ1n) is 7.99. The van der Waals surface area contributed by atoms with Gasteiger partial charge in [0.2, 0.25) is 0 Å². The fourth-order valence-corrected chi connectivity index (χ4v) is 2.08. The van der Waals surface area contributed by atoms with Crippen LogP contribution >= 0.6 is 0 Å². The zero-order valence-electron chi connectivity index (χ0n) is 14.4. The molecule has 0 saturated carbocycles. The zero-order chi connectivity index (χ0) is 15.8. The maximum absolute atomic E-state index is 4.61. The van der Waals surface area contributed by atoms with Crippen LogP contribution in [0.15, 0.2) is 6.07 Å². The number of nitrogens with zero attached hydrogens (tertiary/aromatic N) is 3. The molecule has 1 aromatic heterocycles. The second kappa shape index (κ2) is 8.82. The van der Waals surface area contributed by atoms with E-state index < -0.39 is 0 Å². The minimum Gasteiger partial charge on any atom is -0.370 e. The summed E-state index contributed by atoms with van der Waals surface area (Å²) in [5.41, 5.74) is 0. The third kappa shape index (κ3) is 6.29. The predicted octanol–water partition coefficient (Wildman–Crippen LogP) is 2.86. The molecule has 0 saturated heterocycles. The number of nitrogens with one attached hydrogen (secondary N) is 2. The molecule has 0 aliphatic carbocycles. The van der Waals surface area contributed by atoms with Crippen LogP contribution in [0.4, 0.5) is 11.6 Å². The van der Waals surface area contributed by atoms with Gasteiger partial charge in [0.05, 0.1) is 0 Å².